The molecule has 1 amide bonds. The van der Waals surface area contributed by atoms with Crippen LogP contribution < -0.4 is 0 Å². The Kier molecular flexibility index (Phi) is 35.9. The number of hydrogen-bond acceptors (Lipinski definition) is 6. The minimum absolute atomic E-state index is 0.150. The minimum Gasteiger partial charge on any atom is -0.483 e. The van der Waals surface area contributed by atoms with Crippen molar-refractivity contribution in [2.45, 2.75) is 138 Å². The summed E-state index contributed by atoms with van der Waals surface area (Å²) >= 11 is 0. The predicted molar refractivity (Wildman–Crippen MR) is 201 cm³/mol. The number of benzene rings is 1. The van der Waals surface area contributed by atoms with Gasteiger partial charge in [0.2, 0.25) is 5.91 Å². The third-order valence-corrected chi connectivity index (χ3v) is 7.61. The molecule has 1 aromatic carbocycles. The van der Waals surface area contributed by atoms with Gasteiger partial charge in [-0.1, -0.05) is 96.7 Å². The Balaban J connectivity index is -0.000000560. The van der Waals surface area contributed by atoms with E-state index in [0.29, 0.717) is 13.0 Å². The van der Waals surface area contributed by atoms with E-state index in [1.807, 2.05) is 33.8 Å². The highest BCUT2D eigenvalue weighted by Gasteiger charge is 2.32. The van der Waals surface area contributed by atoms with E-state index in [2.05, 4.69) is 67.1 Å². The van der Waals surface area contributed by atoms with Crippen LogP contribution in [0.25, 0.3) is 0 Å². The highest BCUT2D eigenvalue weighted by Crippen LogP contribution is 2.42. The van der Waals surface area contributed by atoms with Crippen LogP contribution in [-0.2, 0) is 37.0 Å². The summed E-state index contributed by atoms with van der Waals surface area (Å²) in [6, 6.07) is 8.48. The number of amides is 1. The van der Waals surface area contributed by atoms with Gasteiger partial charge in [0, 0.05) is 33.0 Å². The van der Waals surface area contributed by atoms with Gasteiger partial charge in [-0.15, -0.1) is 13.2 Å². The van der Waals surface area contributed by atoms with E-state index < -0.39 is 0 Å². The van der Waals surface area contributed by atoms with Gasteiger partial charge in [-0.25, -0.2) is 0 Å². The molecule has 3 atom stereocenters. The Hall–Kier alpha value is -3.26. The molecular formula is C40H70N2O6. The summed E-state index contributed by atoms with van der Waals surface area (Å²) in [4.78, 5) is 44.9. The summed E-state index contributed by atoms with van der Waals surface area (Å²) in [5.74, 6) is 1.84. The summed E-state index contributed by atoms with van der Waals surface area (Å²) in [5, 5.41) is 6.89. The zero-order valence-corrected chi connectivity index (χ0v) is 31.8. The Bertz CT molecular complexity index is 942. The number of carbonyl (C=O) groups excluding carboxylic acids is 3. The smallest absolute Gasteiger partial charge is 0.302 e. The van der Waals surface area contributed by atoms with Crippen LogP contribution in [0.2, 0.25) is 0 Å². The van der Waals surface area contributed by atoms with Crippen molar-refractivity contribution in [3.05, 3.63) is 60.7 Å². The zero-order valence-electron chi connectivity index (χ0n) is 31.8. The standard InChI is InChI=1S/C14H23NO2.C9H11N.C8H14.C4H8O2.2C2H6.CH2O2/c1-2-3-4-5-6-7-10-14(17)15-11-8-9-13(15)12-16;1-10-6-8-4-2-3-5-9(8)7-10;1-3-5-8-6-7(8)4-2;1-3-6-4(2)5;2*1-2;2-1-3/h2,12-13H,1,3-11H2;2-5H,6-7H2,1H3;4,7-8H,2-3,5-6H2,1H3;3H2,1-2H3;2*1-2H3;1H,(H,2,3)/t;;7-,8?;;;;/m..1..../s1. The Labute approximate surface area is 294 Å². The fraction of sp³-hybridized carbons (Fsp3) is 0.650. The minimum atomic E-state index is -0.250. The van der Waals surface area contributed by atoms with Gasteiger partial charge in [0.05, 0.1) is 12.6 Å². The Morgan fingerprint density at radius 2 is 1.54 bits per heavy atom. The van der Waals surface area contributed by atoms with Crippen molar-refractivity contribution in [1.82, 2.24) is 9.80 Å². The first-order valence-corrected chi connectivity index (χ1v) is 18.2. The molecule has 2 aliphatic heterocycles. The fourth-order valence-corrected chi connectivity index (χ4v) is 5.27. The molecule has 2 unspecified atom stereocenters. The number of carboxylic acid groups (broad SMARTS) is 1. The molecule has 2 fully saturated rings. The van der Waals surface area contributed by atoms with Crippen LogP contribution in [0.4, 0.5) is 0 Å². The molecular weight excluding hydrogens is 604 g/mol. The largest absolute Gasteiger partial charge is 0.483 e. The molecule has 0 aromatic heterocycles. The molecule has 8 nitrogen and oxygen atoms in total. The number of aldehydes is 1. The lowest BCUT2D eigenvalue weighted by Gasteiger charge is -2.20. The molecule has 2 heterocycles. The van der Waals surface area contributed by atoms with Crippen molar-refractivity contribution in [1.29, 1.82) is 0 Å². The van der Waals surface area contributed by atoms with Crippen LogP contribution in [0.3, 0.4) is 0 Å². The lowest BCUT2D eigenvalue weighted by atomic mass is 10.1. The second kappa shape index (κ2) is 35.1. The number of carbonyl (C=O) groups is 4. The summed E-state index contributed by atoms with van der Waals surface area (Å²) < 4.78 is 4.40. The molecule has 0 radical (unpaired) electrons. The quantitative estimate of drug-likeness (QED) is 0.102. The molecule has 1 saturated carbocycles. The molecule has 0 bridgehead atoms. The summed E-state index contributed by atoms with van der Waals surface area (Å²) in [5.41, 5.74) is 2.98. The maximum Gasteiger partial charge on any atom is 0.302 e. The third-order valence-electron chi connectivity index (χ3n) is 7.61. The number of fused-ring (bicyclic) bond motifs is 1. The van der Waals surface area contributed by atoms with Crippen LogP contribution in [0, 0.1) is 11.8 Å². The van der Waals surface area contributed by atoms with E-state index in [-0.39, 0.29) is 24.4 Å². The van der Waals surface area contributed by atoms with Gasteiger partial charge < -0.3 is 19.5 Å². The first-order valence-electron chi connectivity index (χ1n) is 18.2. The van der Waals surface area contributed by atoms with Crippen molar-refractivity contribution >= 4 is 24.6 Å². The molecule has 1 aromatic rings. The van der Waals surface area contributed by atoms with Crippen molar-refractivity contribution in [2.24, 2.45) is 11.8 Å². The Morgan fingerprint density at radius 3 is 1.96 bits per heavy atom. The number of unbranched alkanes of at least 4 members (excludes halogenated alkanes) is 4. The summed E-state index contributed by atoms with van der Waals surface area (Å²) in [7, 11) is 2.15. The number of likely N-dealkylation sites (tertiary alicyclic amines) is 1. The van der Waals surface area contributed by atoms with Crippen LogP contribution >= 0.6 is 0 Å². The van der Waals surface area contributed by atoms with Gasteiger partial charge >= 0.3 is 5.97 Å². The second-order valence-electron chi connectivity index (χ2n) is 11.3. The number of nitrogens with zero attached hydrogens (tertiary/aromatic N) is 2. The first kappa shape index (κ1) is 49.1. The van der Waals surface area contributed by atoms with Gasteiger partial charge in [-0.3, -0.25) is 19.3 Å². The van der Waals surface area contributed by atoms with Crippen LogP contribution in [0.15, 0.2) is 49.6 Å². The molecule has 0 spiro atoms. The Morgan fingerprint density at radius 1 is 0.979 bits per heavy atom. The first-order chi connectivity index (χ1) is 23.2. The van der Waals surface area contributed by atoms with Gasteiger partial charge in [0.15, 0.2) is 0 Å². The maximum absolute atomic E-state index is 11.9. The average Bonchev–Trinajstić information content (AvgIpc) is 3.47. The highest BCUT2D eigenvalue weighted by molar-refractivity contribution is 5.80. The van der Waals surface area contributed by atoms with E-state index in [4.69, 9.17) is 9.90 Å². The second-order valence-corrected chi connectivity index (χ2v) is 11.3. The molecule has 276 valence electrons. The van der Waals surface area contributed by atoms with Crippen LogP contribution in [0.5, 0.6) is 0 Å². The van der Waals surface area contributed by atoms with Gasteiger partial charge in [0.1, 0.15) is 6.29 Å². The van der Waals surface area contributed by atoms with E-state index in [9.17, 15) is 14.4 Å². The molecule has 1 saturated heterocycles. The number of ether oxygens (including phenoxy) is 1. The van der Waals surface area contributed by atoms with Crippen molar-refractivity contribution in [3.8, 4) is 0 Å². The van der Waals surface area contributed by atoms with E-state index in [0.717, 1.165) is 76.3 Å². The van der Waals surface area contributed by atoms with E-state index in [1.54, 1.807) is 11.8 Å². The zero-order chi connectivity index (χ0) is 37.2. The van der Waals surface area contributed by atoms with Crippen LogP contribution in [-0.4, -0.2) is 65.8 Å². The van der Waals surface area contributed by atoms with Crippen molar-refractivity contribution in [2.75, 3.05) is 20.2 Å². The molecule has 8 heteroatoms. The normalized spacial score (nSPS) is 17.7. The average molecular weight is 675 g/mol. The van der Waals surface area contributed by atoms with Gasteiger partial charge in [-0.2, -0.15) is 0 Å². The molecule has 1 N–H and O–H groups in total. The number of allylic oxidation sites excluding steroid dienone is 2. The number of hydrogen-bond donors (Lipinski definition) is 1. The van der Waals surface area contributed by atoms with E-state index >= 15 is 0 Å². The summed E-state index contributed by atoms with van der Waals surface area (Å²) in [6.45, 7) is 24.1. The lowest BCUT2D eigenvalue weighted by Crippen LogP contribution is -2.36. The van der Waals surface area contributed by atoms with Gasteiger partial charge in [-0.05, 0) is 75.5 Å². The van der Waals surface area contributed by atoms with Crippen molar-refractivity contribution < 1.29 is 29.0 Å². The molecule has 3 aliphatic rings. The molecule has 4 rings (SSSR count). The third kappa shape index (κ3) is 25.8. The molecule has 1 aliphatic carbocycles. The lowest BCUT2D eigenvalue weighted by molar-refractivity contribution is -0.140. The molecule has 48 heavy (non-hydrogen) atoms. The van der Waals surface area contributed by atoms with Gasteiger partial charge in [0.25, 0.3) is 6.47 Å². The predicted octanol–water partition coefficient (Wildman–Crippen LogP) is 9.27. The maximum atomic E-state index is 11.9. The number of esters is 1. The highest BCUT2D eigenvalue weighted by atomic mass is 16.5. The van der Waals surface area contributed by atoms with E-state index in [1.165, 1.54) is 43.7 Å². The summed E-state index contributed by atoms with van der Waals surface area (Å²) in [6.07, 6.45) is 16.9. The topological polar surface area (TPSA) is 104 Å². The SMILES string of the molecule is C=CCCCCCCC(=O)N1CCCC1C=O.C=C[C@@H]1CC1CCC.CC.CC.CCOC(C)=O.CN1Cc2ccccc2C1.O=CO. The van der Waals surface area contributed by atoms with Crippen molar-refractivity contribution in [3.63, 3.8) is 0 Å². The fourth-order valence-electron chi connectivity index (χ4n) is 5.27. The monoisotopic (exact) mass is 675 g/mol. The number of rotatable bonds is 12. The van der Waals surface area contributed by atoms with Crippen LogP contribution in [0.1, 0.15) is 130 Å².